The van der Waals surface area contributed by atoms with E-state index >= 15 is 0 Å². The van der Waals surface area contributed by atoms with Crippen molar-refractivity contribution in [2.24, 2.45) is 0 Å². The van der Waals surface area contributed by atoms with Crippen LogP contribution in [0.1, 0.15) is 18.9 Å². The van der Waals surface area contributed by atoms with Crippen molar-refractivity contribution in [1.82, 2.24) is 0 Å². The van der Waals surface area contributed by atoms with Crippen molar-refractivity contribution < 1.29 is 19.7 Å². The Kier molecular flexibility index (Phi) is 5.94. The molecule has 0 fully saturated rings. The van der Waals surface area contributed by atoms with Gasteiger partial charge in [-0.25, -0.2) is 4.79 Å². The van der Waals surface area contributed by atoms with Gasteiger partial charge in [-0.1, -0.05) is 19.1 Å². The number of benzene rings is 1. The lowest BCUT2D eigenvalue weighted by atomic mass is 10.1. The summed E-state index contributed by atoms with van der Waals surface area (Å²) in [5.41, 5.74) is 1.40. The van der Waals surface area contributed by atoms with Crippen LogP contribution in [0.15, 0.2) is 35.9 Å². The summed E-state index contributed by atoms with van der Waals surface area (Å²) in [7, 11) is 0. The average molecular weight is 250 g/mol. The molecule has 0 radical (unpaired) electrons. The van der Waals surface area contributed by atoms with E-state index < -0.39 is 5.97 Å². The zero-order chi connectivity index (χ0) is 13.4. The van der Waals surface area contributed by atoms with Crippen LogP contribution >= 0.6 is 0 Å². The summed E-state index contributed by atoms with van der Waals surface area (Å²) in [6, 6.07) is 7.39. The summed E-state index contributed by atoms with van der Waals surface area (Å²) in [5, 5.41) is 17.6. The van der Waals surface area contributed by atoms with E-state index in [4.69, 9.17) is 14.9 Å². The molecule has 2 N–H and O–H groups in total. The lowest BCUT2D eigenvalue weighted by Gasteiger charge is -2.05. The minimum atomic E-state index is -0.903. The average Bonchev–Trinajstić information content (AvgIpc) is 2.36. The van der Waals surface area contributed by atoms with Crippen LogP contribution in [0.2, 0.25) is 0 Å². The van der Waals surface area contributed by atoms with Crippen molar-refractivity contribution in [1.29, 1.82) is 0 Å². The fraction of sp³-hybridized carbons (Fsp3) is 0.357. The Hall–Kier alpha value is -1.81. The zero-order valence-electron chi connectivity index (χ0n) is 10.4. The molecule has 0 saturated heterocycles. The lowest BCUT2D eigenvalue weighted by molar-refractivity contribution is -0.132. The van der Waals surface area contributed by atoms with E-state index in [1.54, 1.807) is 13.0 Å². The Morgan fingerprint density at radius 2 is 2.00 bits per heavy atom. The molecule has 1 aromatic rings. The fourth-order valence-corrected chi connectivity index (χ4v) is 1.50. The SMILES string of the molecule is CC/C(=C/COc1ccc(CCO)cc1)C(=O)O. The van der Waals surface area contributed by atoms with E-state index in [1.807, 2.05) is 24.3 Å². The monoisotopic (exact) mass is 250 g/mol. The molecule has 1 aromatic carbocycles. The number of ether oxygens (including phenoxy) is 1. The smallest absolute Gasteiger partial charge is 0.331 e. The highest BCUT2D eigenvalue weighted by Crippen LogP contribution is 2.13. The third-order valence-electron chi connectivity index (χ3n) is 2.56. The minimum Gasteiger partial charge on any atom is -0.490 e. The standard InChI is InChI=1S/C14H18O4/c1-2-12(14(16)17)8-10-18-13-5-3-11(4-6-13)7-9-15/h3-6,8,15H,2,7,9-10H2,1H3,(H,16,17)/b12-8-. The van der Waals surface area contributed by atoms with Gasteiger partial charge in [0.05, 0.1) is 0 Å². The van der Waals surface area contributed by atoms with Gasteiger partial charge < -0.3 is 14.9 Å². The van der Waals surface area contributed by atoms with Gasteiger partial charge in [-0.05, 0) is 36.6 Å². The molecule has 0 bridgehead atoms. The van der Waals surface area contributed by atoms with Crippen molar-refractivity contribution in [3.05, 3.63) is 41.5 Å². The Labute approximate surface area is 107 Å². The quantitative estimate of drug-likeness (QED) is 0.726. The van der Waals surface area contributed by atoms with Gasteiger partial charge in [-0.2, -0.15) is 0 Å². The van der Waals surface area contributed by atoms with Crippen molar-refractivity contribution in [2.75, 3.05) is 13.2 Å². The van der Waals surface area contributed by atoms with Crippen LogP contribution in [0, 0.1) is 0 Å². The first-order valence-electron chi connectivity index (χ1n) is 5.92. The van der Waals surface area contributed by atoms with Crippen LogP contribution in [0.3, 0.4) is 0 Å². The van der Waals surface area contributed by atoms with E-state index in [-0.39, 0.29) is 13.2 Å². The maximum atomic E-state index is 10.7. The fourth-order valence-electron chi connectivity index (χ4n) is 1.50. The van der Waals surface area contributed by atoms with E-state index in [0.29, 0.717) is 24.2 Å². The van der Waals surface area contributed by atoms with Gasteiger partial charge in [0.15, 0.2) is 0 Å². The number of carbonyl (C=O) groups is 1. The van der Waals surface area contributed by atoms with Gasteiger partial charge in [0.25, 0.3) is 0 Å². The number of rotatable bonds is 7. The summed E-state index contributed by atoms with van der Waals surface area (Å²) >= 11 is 0. The molecule has 0 spiro atoms. The number of carboxylic acids is 1. The number of carboxylic acid groups (broad SMARTS) is 1. The van der Waals surface area contributed by atoms with Gasteiger partial charge in [-0.15, -0.1) is 0 Å². The second-order valence-corrected chi connectivity index (χ2v) is 3.82. The molecule has 0 atom stereocenters. The maximum absolute atomic E-state index is 10.7. The largest absolute Gasteiger partial charge is 0.490 e. The molecule has 0 amide bonds. The molecule has 0 aliphatic heterocycles. The van der Waals surface area contributed by atoms with Crippen molar-refractivity contribution in [3.8, 4) is 5.75 Å². The third-order valence-corrected chi connectivity index (χ3v) is 2.56. The molecule has 0 aliphatic carbocycles. The number of hydrogen-bond donors (Lipinski definition) is 2. The van der Waals surface area contributed by atoms with Gasteiger partial charge in [0, 0.05) is 12.2 Å². The van der Waals surface area contributed by atoms with Crippen LogP contribution in [0.4, 0.5) is 0 Å². The zero-order valence-corrected chi connectivity index (χ0v) is 10.4. The summed E-state index contributed by atoms with van der Waals surface area (Å²) < 4.78 is 5.42. The highest BCUT2D eigenvalue weighted by Gasteiger charge is 2.03. The normalized spacial score (nSPS) is 11.3. The molecule has 0 unspecified atom stereocenters. The van der Waals surface area contributed by atoms with Crippen LogP contribution in [0.25, 0.3) is 0 Å². The van der Waals surface area contributed by atoms with Crippen molar-refractivity contribution in [2.45, 2.75) is 19.8 Å². The van der Waals surface area contributed by atoms with Gasteiger partial charge in [-0.3, -0.25) is 0 Å². The highest BCUT2D eigenvalue weighted by atomic mass is 16.5. The summed E-state index contributed by atoms with van der Waals surface area (Å²) in [6.07, 6.45) is 2.68. The molecule has 4 nitrogen and oxygen atoms in total. The van der Waals surface area contributed by atoms with E-state index in [9.17, 15) is 4.79 Å². The molecule has 0 saturated carbocycles. The molecule has 0 aromatic heterocycles. The van der Waals surface area contributed by atoms with Crippen LogP contribution in [-0.4, -0.2) is 29.4 Å². The van der Waals surface area contributed by atoms with Crippen molar-refractivity contribution >= 4 is 5.97 Å². The number of hydrogen-bond acceptors (Lipinski definition) is 3. The molecule has 98 valence electrons. The van der Waals surface area contributed by atoms with E-state index in [1.165, 1.54) is 0 Å². The number of aliphatic hydroxyl groups excluding tert-OH is 1. The molecular weight excluding hydrogens is 232 g/mol. The molecule has 1 rings (SSSR count). The predicted octanol–water partition coefficient (Wildman–Crippen LogP) is 2.02. The molecule has 18 heavy (non-hydrogen) atoms. The molecule has 4 heteroatoms. The Morgan fingerprint density at radius 3 is 2.50 bits per heavy atom. The van der Waals surface area contributed by atoms with Gasteiger partial charge >= 0.3 is 5.97 Å². The molecular formula is C14H18O4. The topological polar surface area (TPSA) is 66.8 Å². The van der Waals surface area contributed by atoms with Gasteiger partial charge in [0.1, 0.15) is 12.4 Å². The number of aliphatic hydroxyl groups is 1. The van der Waals surface area contributed by atoms with Crippen LogP contribution < -0.4 is 4.74 Å². The molecule has 0 aliphatic rings. The van der Waals surface area contributed by atoms with E-state index in [0.717, 1.165) is 5.56 Å². The summed E-state index contributed by atoms with van der Waals surface area (Å²) in [6.45, 7) is 2.17. The third kappa shape index (κ3) is 4.59. The summed E-state index contributed by atoms with van der Waals surface area (Å²) in [5.74, 6) is -0.215. The molecule has 0 heterocycles. The first kappa shape index (κ1) is 14.3. The predicted molar refractivity (Wildman–Crippen MR) is 68.7 cm³/mol. The summed E-state index contributed by atoms with van der Waals surface area (Å²) in [4.78, 5) is 10.7. The van der Waals surface area contributed by atoms with Crippen LogP contribution in [0.5, 0.6) is 5.75 Å². The maximum Gasteiger partial charge on any atom is 0.331 e. The Balaban J connectivity index is 2.51. The highest BCUT2D eigenvalue weighted by molar-refractivity contribution is 5.86. The minimum absolute atomic E-state index is 0.126. The first-order chi connectivity index (χ1) is 8.67. The lowest BCUT2D eigenvalue weighted by Crippen LogP contribution is -2.03. The van der Waals surface area contributed by atoms with Crippen molar-refractivity contribution in [3.63, 3.8) is 0 Å². The Morgan fingerprint density at radius 1 is 1.33 bits per heavy atom. The van der Waals surface area contributed by atoms with Crippen LogP contribution in [-0.2, 0) is 11.2 Å². The van der Waals surface area contributed by atoms with E-state index in [2.05, 4.69) is 0 Å². The second kappa shape index (κ2) is 7.50. The Bertz CT molecular complexity index is 406. The number of aliphatic carboxylic acids is 1. The first-order valence-corrected chi connectivity index (χ1v) is 5.92. The second-order valence-electron chi connectivity index (χ2n) is 3.82. The van der Waals surface area contributed by atoms with Gasteiger partial charge in [0.2, 0.25) is 0 Å².